The van der Waals surface area contributed by atoms with Gasteiger partial charge in [0.1, 0.15) is 0 Å². The molecule has 0 amide bonds. The molecule has 1 rings (SSSR count). The summed E-state index contributed by atoms with van der Waals surface area (Å²) in [6.45, 7) is 4.81. The minimum absolute atomic E-state index is 0. The lowest BCUT2D eigenvalue weighted by atomic mass is 10.4. The minimum atomic E-state index is -3.26. The molecule has 1 saturated carbocycles. The Bertz CT molecular complexity index is 294. The standard InChI is InChI=1S/C10H23N3O2S.ClH/c1-3-6-11-7-8-12-16(14,15)13(2)9-10-4-5-10;/h10-12H,3-9H2,1-2H3;1H. The van der Waals surface area contributed by atoms with E-state index in [1.54, 1.807) is 7.05 Å². The Morgan fingerprint density at radius 3 is 2.41 bits per heavy atom. The lowest BCUT2D eigenvalue weighted by molar-refractivity contribution is 0.442. The van der Waals surface area contributed by atoms with Gasteiger partial charge in [-0.25, -0.2) is 4.72 Å². The lowest BCUT2D eigenvalue weighted by Crippen LogP contribution is -2.41. The van der Waals surface area contributed by atoms with Gasteiger partial charge in [-0.3, -0.25) is 0 Å². The summed E-state index contributed by atoms with van der Waals surface area (Å²) in [4.78, 5) is 0. The van der Waals surface area contributed by atoms with E-state index in [0.717, 1.165) is 25.8 Å². The zero-order chi connectivity index (χ0) is 12.0. The molecule has 0 aliphatic heterocycles. The molecule has 1 aliphatic carbocycles. The van der Waals surface area contributed by atoms with Crippen LogP contribution in [0.4, 0.5) is 0 Å². The molecule has 0 spiro atoms. The van der Waals surface area contributed by atoms with Gasteiger partial charge in [0.05, 0.1) is 0 Å². The largest absolute Gasteiger partial charge is 0.315 e. The quantitative estimate of drug-likeness (QED) is 0.610. The van der Waals surface area contributed by atoms with Gasteiger partial charge in [-0.1, -0.05) is 6.92 Å². The maximum Gasteiger partial charge on any atom is 0.279 e. The fourth-order valence-corrected chi connectivity index (χ4v) is 2.43. The molecule has 17 heavy (non-hydrogen) atoms. The number of hydrogen-bond donors (Lipinski definition) is 2. The zero-order valence-corrected chi connectivity index (χ0v) is 12.2. The van der Waals surface area contributed by atoms with Crippen LogP contribution in [0, 0.1) is 5.92 Å². The highest BCUT2D eigenvalue weighted by Crippen LogP contribution is 2.29. The summed E-state index contributed by atoms with van der Waals surface area (Å²) in [7, 11) is -1.62. The Hall–Kier alpha value is 0.120. The molecule has 0 radical (unpaired) electrons. The molecule has 0 heterocycles. The molecule has 0 aromatic heterocycles. The van der Waals surface area contributed by atoms with Crippen molar-refractivity contribution < 1.29 is 8.42 Å². The van der Waals surface area contributed by atoms with E-state index in [0.29, 0.717) is 25.6 Å². The van der Waals surface area contributed by atoms with Crippen LogP contribution in [0.3, 0.4) is 0 Å². The predicted octanol–water partition coefficient (Wildman–Crippen LogP) is 0.584. The third kappa shape index (κ3) is 7.21. The Kier molecular flexibility index (Phi) is 8.32. The van der Waals surface area contributed by atoms with Crippen molar-refractivity contribution in [3.8, 4) is 0 Å². The highest BCUT2D eigenvalue weighted by molar-refractivity contribution is 7.87. The average molecular weight is 286 g/mol. The first kappa shape index (κ1) is 17.1. The minimum Gasteiger partial charge on any atom is -0.315 e. The number of halogens is 1. The Labute approximate surface area is 111 Å². The van der Waals surface area contributed by atoms with Gasteiger partial charge in [0, 0.05) is 26.7 Å². The van der Waals surface area contributed by atoms with E-state index in [1.807, 2.05) is 0 Å². The van der Waals surface area contributed by atoms with E-state index in [2.05, 4.69) is 17.0 Å². The molecular formula is C10H24ClN3O2S. The fourth-order valence-electron chi connectivity index (χ4n) is 1.44. The summed E-state index contributed by atoms with van der Waals surface area (Å²) in [5.74, 6) is 0.583. The van der Waals surface area contributed by atoms with Crippen molar-refractivity contribution in [2.45, 2.75) is 26.2 Å². The molecule has 0 bridgehead atoms. The molecule has 104 valence electrons. The molecule has 7 heteroatoms. The first-order valence-electron chi connectivity index (χ1n) is 5.98. The SMILES string of the molecule is CCCNCCNS(=O)(=O)N(C)CC1CC1.Cl. The van der Waals surface area contributed by atoms with Crippen molar-refractivity contribution in [3.63, 3.8) is 0 Å². The highest BCUT2D eigenvalue weighted by atomic mass is 35.5. The van der Waals surface area contributed by atoms with E-state index in [4.69, 9.17) is 0 Å². The normalized spacial score (nSPS) is 15.9. The zero-order valence-electron chi connectivity index (χ0n) is 10.6. The van der Waals surface area contributed by atoms with E-state index < -0.39 is 10.2 Å². The Morgan fingerprint density at radius 2 is 1.88 bits per heavy atom. The maximum atomic E-state index is 11.7. The summed E-state index contributed by atoms with van der Waals surface area (Å²) in [5.41, 5.74) is 0. The van der Waals surface area contributed by atoms with Gasteiger partial charge >= 0.3 is 0 Å². The molecule has 2 N–H and O–H groups in total. The second kappa shape index (κ2) is 8.26. The first-order valence-corrected chi connectivity index (χ1v) is 7.42. The van der Waals surface area contributed by atoms with Gasteiger partial charge in [-0.15, -0.1) is 12.4 Å². The second-order valence-electron chi connectivity index (χ2n) is 4.37. The molecule has 0 unspecified atom stereocenters. The van der Waals surface area contributed by atoms with E-state index in [9.17, 15) is 8.42 Å². The average Bonchev–Trinajstić information content (AvgIpc) is 3.01. The summed E-state index contributed by atoms with van der Waals surface area (Å²) >= 11 is 0. The summed E-state index contributed by atoms with van der Waals surface area (Å²) in [6.07, 6.45) is 3.39. The van der Waals surface area contributed by atoms with Crippen molar-refractivity contribution in [2.75, 3.05) is 33.2 Å². The van der Waals surface area contributed by atoms with Crippen molar-refractivity contribution in [3.05, 3.63) is 0 Å². The number of hydrogen-bond acceptors (Lipinski definition) is 3. The molecule has 5 nitrogen and oxygen atoms in total. The van der Waals surface area contributed by atoms with Crippen LogP contribution in [0.15, 0.2) is 0 Å². The van der Waals surface area contributed by atoms with Crippen molar-refractivity contribution in [1.82, 2.24) is 14.3 Å². The van der Waals surface area contributed by atoms with E-state index in [-0.39, 0.29) is 12.4 Å². The predicted molar refractivity (Wildman–Crippen MR) is 72.7 cm³/mol. The van der Waals surface area contributed by atoms with Crippen LogP contribution < -0.4 is 10.0 Å². The van der Waals surface area contributed by atoms with Gasteiger partial charge in [-0.05, 0) is 31.7 Å². The molecule has 1 aliphatic rings. The van der Waals surface area contributed by atoms with E-state index >= 15 is 0 Å². The van der Waals surface area contributed by atoms with Crippen LogP contribution in [-0.2, 0) is 10.2 Å². The van der Waals surface area contributed by atoms with Crippen molar-refractivity contribution in [2.24, 2.45) is 5.92 Å². The summed E-state index contributed by atoms with van der Waals surface area (Å²) in [6, 6.07) is 0. The molecule has 0 saturated heterocycles. The summed E-state index contributed by atoms with van der Waals surface area (Å²) < 4.78 is 27.4. The van der Waals surface area contributed by atoms with Crippen molar-refractivity contribution >= 4 is 22.6 Å². The van der Waals surface area contributed by atoms with Crippen LogP contribution in [0.1, 0.15) is 26.2 Å². The van der Waals surface area contributed by atoms with Gasteiger partial charge in [0.25, 0.3) is 10.2 Å². The third-order valence-electron chi connectivity index (χ3n) is 2.64. The van der Waals surface area contributed by atoms with Gasteiger partial charge in [0.2, 0.25) is 0 Å². The van der Waals surface area contributed by atoms with Gasteiger partial charge in [0.15, 0.2) is 0 Å². The molecule has 0 atom stereocenters. The van der Waals surface area contributed by atoms with Gasteiger partial charge < -0.3 is 5.32 Å². The molecular weight excluding hydrogens is 262 g/mol. The molecule has 1 fully saturated rings. The highest BCUT2D eigenvalue weighted by Gasteiger charge is 2.27. The van der Waals surface area contributed by atoms with Gasteiger partial charge in [-0.2, -0.15) is 12.7 Å². The maximum absolute atomic E-state index is 11.7. The van der Waals surface area contributed by atoms with Crippen LogP contribution in [0.5, 0.6) is 0 Å². The number of rotatable bonds is 9. The topological polar surface area (TPSA) is 61.4 Å². The Balaban J connectivity index is 0.00000256. The number of nitrogens with one attached hydrogen (secondary N) is 2. The van der Waals surface area contributed by atoms with Crippen molar-refractivity contribution in [1.29, 1.82) is 0 Å². The van der Waals surface area contributed by atoms with Crippen LogP contribution in [-0.4, -0.2) is 45.9 Å². The fraction of sp³-hybridized carbons (Fsp3) is 1.00. The van der Waals surface area contributed by atoms with Crippen LogP contribution >= 0.6 is 12.4 Å². The lowest BCUT2D eigenvalue weighted by Gasteiger charge is -2.17. The summed E-state index contributed by atoms with van der Waals surface area (Å²) in [5, 5.41) is 3.15. The van der Waals surface area contributed by atoms with E-state index in [1.165, 1.54) is 4.31 Å². The molecule has 0 aromatic carbocycles. The monoisotopic (exact) mass is 285 g/mol. The second-order valence-corrected chi connectivity index (χ2v) is 6.24. The smallest absolute Gasteiger partial charge is 0.279 e. The third-order valence-corrected chi connectivity index (χ3v) is 4.17. The van der Waals surface area contributed by atoms with Crippen LogP contribution in [0.2, 0.25) is 0 Å². The Morgan fingerprint density at radius 1 is 1.24 bits per heavy atom. The number of nitrogens with zero attached hydrogens (tertiary/aromatic N) is 1. The first-order chi connectivity index (χ1) is 7.56. The molecule has 0 aromatic rings. The van der Waals surface area contributed by atoms with Crippen LogP contribution in [0.25, 0.3) is 0 Å².